The maximum absolute atomic E-state index is 12.4. The summed E-state index contributed by atoms with van der Waals surface area (Å²) in [6.45, 7) is 0.767. The van der Waals surface area contributed by atoms with Crippen molar-refractivity contribution in [1.82, 2.24) is 9.88 Å². The highest BCUT2D eigenvalue weighted by Crippen LogP contribution is 2.29. The molecule has 3 rings (SSSR count). The average molecular weight is 318 g/mol. The lowest BCUT2D eigenvalue weighted by Crippen LogP contribution is -2.49. The number of piperidine rings is 1. The second kappa shape index (κ2) is 6.23. The van der Waals surface area contributed by atoms with Gasteiger partial charge in [-0.15, -0.1) is 0 Å². The Morgan fingerprint density at radius 3 is 2.78 bits per heavy atom. The number of nitrogens with zero attached hydrogens (tertiary/aromatic N) is 3. The van der Waals surface area contributed by atoms with E-state index in [0.717, 1.165) is 0 Å². The minimum atomic E-state index is -0.321. The first kappa shape index (κ1) is 15.3. The zero-order valence-corrected chi connectivity index (χ0v) is 12.6. The van der Waals surface area contributed by atoms with E-state index < -0.39 is 0 Å². The van der Waals surface area contributed by atoms with Crippen LogP contribution in [0, 0.1) is 5.92 Å². The van der Waals surface area contributed by atoms with Crippen LogP contribution in [0.3, 0.4) is 0 Å². The van der Waals surface area contributed by atoms with Crippen molar-refractivity contribution >= 4 is 23.5 Å². The second-order valence-electron chi connectivity index (χ2n) is 5.65. The lowest BCUT2D eigenvalue weighted by atomic mass is 9.96. The van der Waals surface area contributed by atoms with E-state index in [9.17, 15) is 14.4 Å². The number of fused-ring (bicyclic) bond motifs is 1. The Kier molecular flexibility index (Phi) is 4.14. The van der Waals surface area contributed by atoms with Crippen LogP contribution in [0.25, 0.3) is 0 Å². The number of anilines is 1. The number of primary amides is 1. The highest BCUT2D eigenvalue weighted by atomic mass is 16.5. The predicted octanol–water partition coefficient (Wildman–Crippen LogP) is -0.469. The number of aromatic nitrogens is 1. The van der Waals surface area contributed by atoms with Gasteiger partial charge in [0.05, 0.1) is 0 Å². The summed E-state index contributed by atoms with van der Waals surface area (Å²) in [6, 6.07) is 3.42. The first-order valence-electron chi connectivity index (χ1n) is 7.51. The summed E-state index contributed by atoms with van der Waals surface area (Å²) < 4.78 is 5.30. The summed E-state index contributed by atoms with van der Waals surface area (Å²) in [5, 5.41) is 0. The molecule has 2 aliphatic rings. The third kappa shape index (κ3) is 3.10. The molecule has 0 radical (unpaired) electrons. The van der Waals surface area contributed by atoms with Gasteiger partial charge in [0.25, 0.3) is 5.91 Å². The molecule has 0 atom stereocenters. The molecule has 0 spiro atoms. The monoisotopic (exact) mass is 318 g/mol. The average Bonchev–Trinajstić information content (AvgIpc) is 2.57. The quantitative estimate of drug-likeness (QED) is 0.811. The molecule has 1 aromatic rings. The highest BCUT2D eigenvalue weighted by molar-refractivity contribution is 6.01. The van der Waals surface area contributed by atoms with Gasteiger partial charge in [-0.1, -0.05) is 0 Å². The zero-order chi connectivity index (χ0) is 16.4. The first-order valence-corrected chi connectivity index (χ1v) is 7.51. The highest BCUT2D eigenvalue weighted by Gasteiger charge is 2.31. The lowest BCUT2D eigenvalue weighted by Gasteiger charge is -2.33. The molecule has 8 nitrogen and oxygen atoms in total. The molecule has 3 amide bonds. The van der Waals surface area contributed by atoms with Crippen molar-refractivity contribution in [2.75, 3.05) is 31.1 Å². The van der Waals surface area contributed by atoms with Gasteiger partial charge in [0.1, 0.15) is 6.54 Å². The molecule has 2 N–H and O–H groups in total. The van der Waals surface area contributed by atoms with Crippen molar-refractivity contribution in [3.05, 3.63) is 18.3 Å². The molecule has 2 aliphatic heterocycles. The van der Waals surface area contributed by atoms with Crippen molar-refractivity contribution in [1.29, 1.82) is 0 Å². The van der Waals surface area contributed by atoms with Crippen LogP contribution in [0.1, 0.15) is 12.8 Å². The molecule has 1 fully saturated rings. The van der Waals surface area contributed by atoms with Crippen molar-refractivity contribution in [3.63, 3.8) is 0 Å². The van der Waals surface area contributed by atoms with Crippen molar-refractivity contribution in [2.24, 2.45) is 11.7 Å². The summed E-state index contributed by atoms with van der Waals surface area (Å²) in [5.41, 5.74) is 5.29. The van der Waals surface area contributed by atoms with E-state index in [1.54, 1.807) is 23.2 Å². The molecule has 0 saturated carbocycles. The van der Waals surface area contributed by atoms with Crippen LogP contribution in [-0.4, -0.2) is 53.8 Å². The first-order chi connectivity index (χ1) is 11.1. The molecular weight excluding hydrogens is 300 g/mol. The number of ether oxygens (including phenoxy) is 1. The molecule has 0 aromatic carbocycles. The predicted molar refractivity (Wildman–Crippen MR) is 80.6 cm³/mol. The Morgan fingerprint density at radius 2 is 2.09 bits per heavy atom. The summed E-state index contributed by atoms with van der Waals surface area (Å²) in [5.74, 6) is -0.0992. The summed E-state index contributed by atoms with van der Waals surface area (Å²) in [7, 11) is 0. The van der Waals surface area contributed by atoms with Crippen LogP contribution in [0.2, 0.25) is 0 Å². The van der Waals surface area contributed by atoms with E-state index in [0.29, 0.717) is 37.5 Å². The van der Waals surface area contributed by atoms with E-state index in [2.05, 4.69) is 4.98 Å². The van der Waals surface area contributed by atoms with Gasteiger partial charge in [-0.3, -0.25) is 19.3 Å². The standard InChI is InChI=1S/C15H18N4O4/c16-14(22)10-3-6-18(7-4-10)12(20)8-19-13(21)9-23-11-2-1-5-17-15(11)19/h1-2,5,10H,3-4,6-9H2,(H2,16,22). The Bertz CT molecular complexity index is 640. The normalized spacial score (nSPS) is 18.3. The minimum absolute atomic E-state index is 0.0759. The molecule has 8 heteroatoms. The van der Waals surface area contributed by atoms with Crippen LogP contribution in [-0.2, 0) is 14.4 Å². The smallest absolute Gasteiger partial charge is 0.266 e. The van der Waals surface area contributed by atoms with E-state index in [1.165, 1.54) is 4.90 Å². The molecular formula is C15H18N4O4. The van der Waals surface area contributed by atoms with Gasteiger partial charge in [0, 0.05) is 25.2 Å². The number of carbonyl (C=O) groups excluding carboxylic acids is 3. The van der Waals surface area contributed by atoms with Gasteiger partial charge < -0.3 is 15.4 Å². The summed E-state index contributed by atoms with van der Waals surface area (Å²) in [4.78, 5) is 42.8. The molecule has 0 aliphatic carbocycles. The topological polar surface area (TPSA) is 106 Å². The summed E-state index contributed by atoms with van der Waals surface area (Å²) >= 11 is 0. The number of nitrogens with two attached hydrogens (primary N) is 1. The fraction of sp³-hybridized carbons (Fsp3) is 0.467. The van der Waals surface area contributed by atoms with Crippen molar-refractivity contribution in [2.45, 2.75) is 12.8 Å². The SMILES string of the molecule is NC(=O)C1CCN(C(=O)CN2C(=O)COc3cccnc32)CC1. The largest absolute Gasteiger partial charge is 0.480 e. The van der Waals surface area contributed by atoms with Gasteiger partial charge in [-0.2, -0.15) is 0 Å². The maximum Gasteiger partial charge on any atom is 0.266 e. The molecule has 0 bridgehead atoms. The van der Waals surface area contributed by atoms with E-state index in [1.807, 2.05) is 0 Å². The number of hydrogen-bond acceptors (Lipinski definition) is 5. The minimum Gasteiger partial charge on any atom is -0.480 e. The van der Waals surface area contributed by atoms with E-state index in [4.69, 9.17) is 10.5 Å². The third-order valence-corrected chi connectivity index (χ3v) is 4.20. The van der Waals surface area contributed by atoms with Crippen LogP contribution in [0.4, 0.5) is 5.82 Å². The Labute approximate surface area is 133 Å². The molecule has 0 unspecified atom stereocenters. The second-order valence-corrected chi connectivity index (χ2v) is 5.65. The van der Waals surface area contributed by atoms with Gasteiger partial charge in [0.2, 0.25) is 11.8 Å². The Morgan fingerprint density at radius 1 is 1.35 bits per heavy atom. The third-order valence-electron chi connectivity index (χ3n) is 4.20. The lowest BCUT2D eigenvalue weighted by molar-refractivity contribution is -0.134. The fourth-order valence-electron chi connectivity index (χ4n) is 2.84. The van der Waals surface area contributed by atoms with Crippen molar-refractivity contribution < 1.29 is 19.1 Å². The molecule has 1 saturated heterocycles. The Balaban J connectivity index is 1.66. The van der Waals surface area contributed by atoms with Crippen LogP contribution < -0.4 is 15.4 Å². The Hall–Kier alpha value is -2.64. The number of pyridine rings is 1. The summed E-state index contributed by atoms with van der Waals surface area (Å²) in [6.07, 6.45) is 2.68. The van der Waals surface area contributed by atoms with Gasteiger partial charge in [-0.25, -0.2) is 4.98 Å². The number of amides is 3. The zero-order valence-electron chi connectivity index (χ0n) is 12.6. The van der Waals surface area contributed by atoms with Gasteiger partial charge >= 0.3 is 0 Å². The van der Waals surface area contributed by atoms with Gasteiger partial charge in [-0.05, 0) is 25.0 Å². The molecule has 3 heterocycles. The van der Waals surface area contributed by atoms with Crippen LogP contribution >= 0.6 is 0 Å². The number of likely N-dealkylation sites (tertiary alicyclic amines) is 1. The van der Waals surface area contributed by atoms with Crippen LogP contribution in [0.5, 0.6) is 5.75 Å². The van der Waals surface area contributed by atoms with E-state index >= 15 is 0 Å². The number of hydrogen-bond donors (Lipinski definition) is 1. The molecule has 23 heavy (non-hydrogen) atoms. The number of rotatable bonds is 3. The molecule has 1 aromatic heterocycles. The van der Waals surface area contributed by atoms with Gasteiger partial charge in [0.15, 0.2) is 18.2 Å². The fourth-order valence-corrected chi connectivity index (χ4v) is 2.84. The van der Waals surface area contributed by atoms with Crippen molar-refractivity contribution in [3.8, 4) is 5.75 Å². The van der Waals surface area contributed by atoms with Crippen LogP contribution in [0.15, 0.2) is 18.3 Å². The maximum atomic E-state index is 12.4. The molecule has 122 valence electrons. The van der Waals surface area contributed by atoms with E-state index in [-0.39, 0.29) is 36.8 Å². The number of carbonyl (C=O) groups is 3.